The Kier molecular flexibility index (Phi) is 4.30. The second-order valence-electron chi connectivity index (χ2n) is 4.00. The fourth-order valence-corrected chi connectivity index (χ4v) is 2.24. The van der Waals surface area contributed by atoms with E-state index in [0.717, 1.165) is 35.5 Å². The minimum absolute atomic E-state index is 0.0187. The van der Waals surface area contributed by atoms with Crippen molar-refractivity contribution in [1.82, 2.24) is 10.2 Å². The summed E-state index contributed by atoms with van der Waals surface area (Å²) >= 11 is 3.41. The maximum Gasteiger partial charge on any atom is 0.317 e. The number of benzene rings is 1. The van der Waals surface area contributed by atoms with E-state index in [-0.39, 0.29) is 6.03 Å². The third-order valence-electron chi connectivity index (χ3n) is 2.81. The maximum atomic E-state index is 11.3. The summed E-state index contributed by atoms with van der Waals surface area (Å²) in [5.41, 5.74) is 0.981. The van der Waals surface area contributed by atoms with Crippen molar-refractivity contribution in [3.05, 3.63) is 22.7 Å². The topological polar surface area (TPSA) is 53.6 Å². The van der Waals surface area contributed by atoms with Gasteiger partial charge in [-0.15, -0.1) is 0 Å². The number of rotatable bonds is 5. The Morgan fingerprint density at radius 1 is 1.56 bits per heavy atom. The molecule has 1 aromatic carbocycles. The largest absolute Gasteiger partial charge is 0.495 e. The number of methoxy groups -OCH3 is 1. The van der Waals surface area contributed by atoms with Gasteiger partial charge in [-0.05, 0) is 28.1 Å². The zero-order valence-electron chi connectivity index (χ0n) is 10.2. The lowest BCUT2D eigenvalue weighted by Gasteiger charge is -2.15. The number of urea groups is 1. The number of nitrogens with one attached hydrogen (secondary N) is 2. The van der Waals surface area contributed by atoms with Crippen LogP contribution in [0.25, 0.3) is 0 Å². The molecule has 0 saturated carbocycles. The number of anilines is 1. The fourth-order valence-electron chi connectivity index (χ4n) is 1.83. The molecular weight excluding hydrogens is 298 g/mol. The number of amides is 2. The summed E-state index contributed by atoms with van der Waals surface area (Å²) in [6.45, 7) is 2.94. The molecule has 1 heterocycles. The van der Waals surface area contributed by atoms with Gasteiger partial charge in [0.15, 0.2) is 0 Å². The average molecular weight is 314 g/mol. The van der Waals surface area contributed by atoms with Crippen LogP contribution in [0.15, 0.2) is 22.7 Å². The van der Waals surface area contributed by atoms with Gasteiger partial charge in [0.05, 0.1) is 11.6 Å². The van der Waals surface area contributed by atoms with Crippen LogP contribution in [0, 0.1) is 0 Å². The van der Waals surface area contributed by atoms with Crippen LogP contribution in [0.2, 0.25) is 0 Å². The van der Waals surface area contributed by atoms with Crippen molar-refractivity contribution in [2.45, 2.75) is 0 Å². The number of ether oxygens (including phenoxy) is 1. The highest BCUT2D eigenvalue weighted by Crippen LogP contribution is 2.27. The van der Waals surface area contributed by atoms with Crippen molar-refractivity contribution in [2.75, 3.05) is 38.6 Å². The maximum absolute atomic E-state index is 11.3. The van der Waals surface area contributed by atoms with E-state index in [1.54, 1.807) is 12.0 Å². The van der Waals surface area contributed by atoms with Gasteiger partial charge in [-0.1, -0.05) is 0 Å². The van der Waals surface area contributed by atoms with E-state index in [9.17, 15) is 4.79 Å². The lowest BCUT2D eigenvalue weighted by atomic mass is 10.3. The van der Waals surface area contributed by atoms with Gasteiger partial charge >= 0.3 is 6.03 Å². The van der Waals surface area contributed by atoms with Crippen LogP contribution < -0.4 is 15.4 Å². The summed E-state index contributed by atoms with van der Waals surface area (Å²) in [4.78, 5) is 13.1. The summed E-state index contributed by atoms with van der Waals surface area (Å²) < 4.78 is 6.15. The average Bonchev–Trinajstić information content (AvgIpc) is 2.77. The first-order valence-electron chi connectivity index (χ1n) is 5.81. The lowest BCUT2D eigenvalue weighted by molar-refractivity contribution is 0.219. The number of hydrogen-bond acceptors (Lipinski definition) is 3. The SMILES string of the molecule is COc1cc(NCCN2CCNC2=O)ccc1Br. The number of hydrogen-bond donors (Lipinski definition) is 2. The van der Waals surface area contributed by atoms with Gasteiger partial charge < -0.3 is 20.3 Å². The molecule has 0 spiro atoms. The van der Waals surface area contributed by atoms with Crippen molar-refractivity contribution >= 4 is 27.6 Å². The van der Waals surface area contributed by atoms with Gasteiger partial charge in [0.1, 0.15) is 5.75 Å². The van der Waals surface area contributed by atoms with E-state index < -0.39 is 0 Å². The quantitative estimate of drug-likeness (QED) is 0.873. The molecule has 0 atom stereocenters. The molecule has 1 aliphatic heterocycles. The Bertz CT molecular complexity index is 439. The van der Waals surface area contributed by atoms with Crippen molar-refractivity contribution < 1.29 is 9.53 Å². The number of halogens is 1. The molecule has 1 saturated heterocycles. The van der Waals surface area contributed by atoms with Crippen LogP contribution in [-0.4, -0.2) is 44.2 Å². The van der Waals surface area contributed by atoms with E-state index in [1.807, 2.05) is 18.2 Å². The molecule has 1 fully saturated rings. The molecule has 18 heavy (non-hydrogen) atoms. The second kappa shape index (κ2) is 5.95. The third kappa shape index (κ3) is 3.07. The van der Waals surface area contributed by atoms with Crippen molar-refractivity contribution in [3.8, 4) is 5.75 Å². The molecule has 0 radical (unpaired) electrons. The molecule has 0 bridgehead atoms. The molecule has 6 heteroatoms. The van der Waals surface area contributed by atoms with E-state index in [2.05, 4.69) is 26.6 Å². The summed E-state index contributed by atoms with van der Waals surface area (Å²) in [6, 6.07) is 5.85. The molecule has 1 aliphatic rings. The molecular formula is C12H16BrN3O2. The number of carbonyl (C=O) groups excluding carboxylic acids is 1. The molecule has 0 unspecified atom stereocenters. The van der Waals surface area contributed by atoms with Gasteiger partial charge in [-0.3, -0.25) is 0 Å². The molecule has 5 nitrogen and oxygen atoms in total. The van der Waals surface area contributed by atoms with E-state index in [0.29, 0.717) is 6.54 Å². The summed E-state index contributed by atoms with van der Waals surface area (Å²) in [7, 11) is 1.64. The normalized spacial score (nSPS) is 14.6. The molecule has 2 N–H and O–H groups in total. The van der Waals surface area contributed by atoms with E-state index >= 15 is 0 Å². The van der Waals surface area contributed by atoms with Gasteiger partial charge in [0.2, 0.25) is 0 Å². The van der Waals surface area contributed by atoms with Crippen LogP contribution in [0.5, 0.6) is 5.75 Å². The zero-order chi connectivity index (χ0) is 13.0. The van der Waals surface area contributed by atoms with Crippen LogP contribution in [0.3, 0.4) is 0 Å². The molecule has 2 amide bonds. The first kappa shape index (κ1) is 13.0. The summed E-state index contributed by atoms with van der Waals surface area (Å²) in [5.74, 6) is 0.791. The Morgan fingerprint density at radius 3 is 3.06 bits per heavy atom. The highest BCUT2D eigenvalue weighted by molar-refractivity contribution is 9.10. The summed E-state index contributed by atoms with van der Waals surface area (Å²) in [5, 5.41) is 6.05. The molecule has 0 aromatic heterocycles. The van der Waals surface area contributed by atoms with Crippen LogP contribution in [0.1, 0.15) is 0 Å². The van der Waals surface area contributed by atoms with Crippen molar-refractivity contribution in [1.29, 1.82) is 0 Å². The Labute approximate surface area is 115 Å². The van der Waals surface area contributed by atoms with E-state index in [4.69, 9.17) is 4.74 Å². The Balaban J connectivity index is 1.84. The zero-order valence-corrected chi connectivity index (χ0v) is 11.8. The van der Waals surface area contributed by atoms with Crippen molar-refractivity contribution in [3.63, 3.8) is 0 Å². The highest BCUT2D eigenvalue weighted by Gasteiger charge is 2.18. The second-order valence-corrected chi connectivity index (χ2v) is 4.85. The van der Waals surface area contributed by atoms with Gasteiger partial charge in [-0.25, -0.2) is 4.79 Å². The number of carbonyl (C=O) groups is 1. The third-order valence-corrected chi connectivity index (χ3v) is 3.46. The molecule has 2 rings (SSSR count). The predicted octanol–water partition coefficient (Wildman–Crippen LogP) is 1.89. The first-order chi connectivity index (χ1) is 8.70. The van der Waals surface area contributed by atoms with E-state index in [1.165, 1.54) is 0 Å². The Hall–Kier alpha value is -1.43. The minimum Gasteiger partial charge on any atom is -0.495 e. The smallest absolute Gasteiger partial charge is 0.317 e. The lowest BCUT2D eigenvalue weighted by Crippen LogP contribution is -2.32. The minimum atomic E-state index is 0.0187. The predicted molar refractivity (Wildman–Crippen MR) is 74.2 cm³/mol. The highest BCUT2D eigenvalue weighted by atomic mass is 79.9. The fraction of sp³-hybridized carbons (Fsp3) is 0.417. The molecule has 98 valence electrons. The first-order valence-corrected chi connectivity index (χ1v) is 6.60. The van der Waals surface area contributed by atoms with Crippen LogP contribution in [0.4, 0.5) is 10.5 Å². The molecule has 1 aromatic rings. The summed E-state index contributed by atoms with van der Waals surface area (Å²) in [6.07, 6.45) is 0. The van der Waals surface area contributed by atoms with Gasteiger partial charge in [0.25, 0.3) is 0 Å². The monoisotopic (exact) mass is 313 g/mol. The standard InChI is InChI=1S/C12H16BrN3O2/c1-18-11-8-9(2-3-10(11)13)14-4-6-16-7-5-15-12(16)17/h2-3,8,14H,4-7H2,1H3,(H,15,17). The molecule has 0 aliphatic carbocycles. The van der Waals surface area contributed by atoms with Crippen molar-refractivity contribution in [2.24, 2.45) is 0 Å². The Morgan fingerprint density at radius 2 is 2.39 bits per heavy atom. The van der Waals surface area contributed by atoms with Crippen LogP contribution in [-0.2, 0) is 0 Å². The van der Waals surface area contributed by atoms with Crippen LogP contribution >= 0.6 is 15.9 Å². The van der Waals surface area contributed by atoms with Gasteiger partial charge in [-0.2, -0.15) is 0 Å². The number of nitrogens with zero attached hydrogens (tertiary/aromatic N) is 1. The van der Waals surface area contributed by atoms with Gasteiger partial charge in [0, 0.05) is 37.9 Å².